The van der Waals surface area contributed by atoms with Crippen LogP contribution < -0.4 is 11.2 Å². The molecule has 3 aromatic rings. The molecule has 0 saturated heterocycles. The van der Waals surface area contributed by atoms with Crippen molar-refractivity contribution in [3.8, 4) is 46.2 Å². The number of benzene rings is 2. The lowest BCUT2D eigenvalue weighted by Crippen LogP contribution is -2.37. The maximum absolute atomic E-state index is 13.3. The lowest BCUT2D eigenvalue weighted by Gasteiger charge is -2.12. The van der Waals surface area contributed by atoms with E-state index in [2.05, 4.69) is 21.1 Å². The molecule has 3 heterocycles. The van der Waals surface area contributed by atoms with E-state index in [9.17, 15) is 9.59 Å². The number of rotatable bonds is 4. The van der Waals surface area contributed by atoms with Gasteiger partial charge in [0, 0.05) is 17.6 Å². The number of aryl methyl sites for hydroxylation is 1. The Kier molecular flexibility index (Phi) is 5.28. The van der Waals surface area contributed by atoms with Crippen molar-refractivity contribution in [1.29, 1.82) is 5.26 Å². The molecule has 0 amide bonds. The van der Waals surface area contributed by atoms with Gasteiger partial charge in [-0.15, -0.1) is 5.10 Å². The van der Waals surface area contributed by atoms with Crippen LogP contribution in [0.4, 0.5) is 0 Å². The second-order valence-corrected chi connectivity index (χ2v) is 7.88. The van der Waals surface area contributed by atoms with Gasteiger partial charge in [0.15, 0.2) is 17.3 Å². The van der Waals surface area contributed by atoms with Crippen LogP contribution in [0.1, 0.15) is 5.56 Å². The first-order valence-corrected chi connectivity index (χ1v) is 10.5. The molecule has 0 spiro atoms. The molecule has 0 N–H and O–H groups in total. The van der Waals surface area contributed by atoms with Crippen LogP contribution >= 0.6 is 11.6 Å². The van der Waals surface area contributed by atoms with Crippen molar-refractivity contribution >= 4 is 11.6 Å². The van der Waals surface area contributed by atoms with E-state index in [1.54, 1.807) is 55.6 Å². The average molecular weight is 471 g/mol. The zero-order valence-corrected chi connectivity index (χ0v) is 18.5. The van der Waals surface area contributed by atoms with Crippen molar-refractivity contribution in [3.63, 3.8) is 0 Å². The van der Waals surface area contributed by atoms with Gasteiger partial charge in [-0.05, 0) is 42.0 Å². The Morgan fingerprint density at radius 3 is 2.53 bits per heavy atom. The van der Waals surface area contributed by atoms with Gasteiger partial charge in [0.1, 0.15) is 5.76 Å². The molecule has 2 aliphatic rings. The topological polar surface area (TPSA) is 120 Å². The van der Waals surface area contributed by atoms with Gasteiger partial charge >= 0.3 is 5.69 Å². The molecule has 0 radical (unpaired) electrons. The maximum atomic E-state index is 13.3. The van der Waals surface area contributed by atoms with Crippen LogP contribution in [0.3, 0.4) is 0 Å². The third-order valence-electron chi connectivity index (χ3n) is 5.19. The molecule has 0 unspecified atom stereocenters. The molecular formula is C24H15ClN6O3. The molecule has 0 fully saturated rings. The smallest absolute Gasteiger partial charge is 0.357 e. The normalized spacial score (nSPS) is 11.0. The fourth-order valence-corrected chi connectivity index (χ4v) is 3.75. The first-order valence-electron chi connectivity index (χ1n) is 10.1. The molecule has 10 heteroatoms. The first-order chi connectivity index (χ1) is 16.4. The van der Waals surface area contributed by atoms with Crippen molar-refractivity contribution < 1.29 is 4.42 Å². The Balaban J connectivity index is 1.63. The standard InChI is InChI=1S/C24H15ClN6O3/c1-30-22-20(23(32)31(24(33)28-22)17-7-5-14(6-8-17)11-12-26)27-21(29-30)19-10-9-18(34-19)15-3-2-4-16(25)13-15/h2-10,13H,11H2,1H3. The third kappa shape index (κ3) is 3.76. The summed E-state index contributed by atoms with van der Waals surface area (Å²) in [5.41, 5.74) is 0.459. The summed E-state index contributed by atoms with van der Waals surface area (Å²) in [5.74, 6) is 1.12. The molecule has 34 heavy (non-hydrogen) atoms. The number of hydrogen-bond donors (Lipinski definition) is 0. The van der Waals surface area contributed by atoms with E-state index in [0.29, 0.717) is 22.2 Å². The van der Waals surface area contributed by atoms with Gasteiger partial charge in [0.05, 0.1) is 18.2 Å². The van der Waals surface area contributed by atoms with Gasteiger partial charge in [-0.25, -0.2) is 19.0 Å². The number of fused-ring (bicyclic) bond motifs is 1. The minimum Gasteiger partial charge on any atom is -0.453 e. The minimum absolute atomic E-state index is 0.0334. The monoisotopic (exact) mass is 470 g/mol. The van der Waals surface area contributed by atoms with Crippen molar-refractivity contribution in [1.82, 2.24) is 24.3 Å². The number of furan rings is 1. The highest BCUT2D eigenvalue weighted by Gasteiger charge is 2.22. The quantitative estimate of drug-likeness (QED) is 0.394. The SMILES string of the molecule is Cn1nc(-c2ccc(-c3cccc(Cl)c3)o2)nc2c(=O)n(-c3ccc(CC#N)cc3)c(=O)nc1-2. The van der Waals surface area contributed by atoms with E-state index >= 15 is 0 Å². The molecule has 0 atom stereocenters. The predicted octanol–water partition coefficient (Wildman–Crippen LogP) is 3.47. The minimum atomic E-state index is -0.751. The van der Waals surface area contributed by atoms with Gasteiger partial charge < -0.3 is 4.42 Å². The second kappa shape index (κ2) is 8.42. The van der Waals surface area contributed by atoms with E-state index < -0.39 is 11.2 Å². The number of nitrogens with zero attached hydrogens (tertiary/aromatic N) is 6. The molecular weight excluding hydrogens is 456 g/mol. The van der Waals surface area contributed by atoms with Gasteiger partial charge in [-0.3, -0.25) is 4.79 Å². The van der Waals surface area contributed by atoms with Crippen LogP contribution in [-0.2, 0) is 13.5 Å². The van der Waals surface area contributed by atoms with Crippen LogP contribution in [0.15, 0.2) is 74.7 Å². The fourth-order valence-electron chi connectivity index (χ4n) is 3.56. The van der Waals surface area contributed by atoms with E-state index in [4.69, 9.17) is 21.3 Å². The second-order valence-electron chi connectivity index (χ2n) is 7.44. The fraction of sp³-hybridized carbons (Fsp3) is 0.0833. The number of halogens is 1. The molecule has 0 saturated carbocycles. The predicted molar refractivity (Wildman–Crippen MR) is 125 cm³/mol. The number of aromatic nitrogens is 5. The summed E-state index contributed by atoms with van der Waals surface area (Å²) in [5, 5.41) is 13.7. The van der Waals surface area contributed by atoms with Crippen molar-refractivity contribution in [2.45, 2.75) is 6.42 Å². The van der Waals surface area contributed by atoms with E-state index in [1.807, 2.05) is 12.1 Å². The summed E-state index contributed by atoms with van der Waals surface area (Å²) in [6.45, 7) is 0. The zero-order chi connectivity index (χ0) is 23.8. The number of nitriles is 1. The Morgan fingerprint density at radius 2 is 1.79 bits per heavy atom. The highest BCUT2D eigenvalue weighted by Crippen LogP contribution is 2.29. The van der Waals surface area contributed by atoms with E-state index in [-0.39, 0.29) is 23.8 Å². The summed E-state index contributed by atoms with van der Waals surface area (Å²) >= 11 is 6.07. The maximum Gasteiger partial charge on any atom is 0.357 e. The summed E-state index contributed by atoms with van der Waals surface area (Å²) in [7, 11) is 1.57. The van der Waals surface area contributed by atoms with Gasteiger partial charge in [0.2, 0.25) is 5.82 Å². The highest BCUT2D eigenvalue weighted by atomic mass is 35.5. The van der Waals surface area contributed by atoms with Crippen LogP contribution in [-0.4, -0.2) is 24.3 Å². The lowest BCUT2D eigenvalue weighted by atomic mass is 10.1. The first kappa shape index (κ1) is 21.3. The average Bonchev–Trinajstić information content (AvgIpc) is 3.32. The van der Waals surface area contributed by atoms with Crippen molar-refractivity contribution in [2.75, 3.05) is 0 Å². The van der Waals surface area contributed by atoms with Crippen LogP contribution in [0.2, 0.25) is 5.02 Å². The Bertz CT molecular complexity index is 1660. The molecule has 166 valence electrons. The molecule has 2 aliphatic heterocycles. The van der Waals surface area contributed by atoms with E-state index in [1.165, 1.54) is 4.68 Å². The molecule has 9 nitrogen and oxygen atoms in total. The van der Waals surface area contributed by atoms with Gasteiger partial charge in [0.25, 0.3) is 5.56 Å². The summed E-state index contributed by atoms with van der Waals surface area (Å²) < 4.78 is 8.18. The summed E-state index contributed by atoms with van der Waals surface area (Å²) in [6.07, 6.45) is 0.224. The number of hydrogen-bond acceptors (Lipinski definition) is 7. The van der Waals surface area contributed by atoms with E-state index in [0.717, 1.165) is 15.7 Å². The molecule has 5 rings (SSSR count). The molecule has 0 aliphatic carbocycles. The van der Waals surface area contributed by atoms with Gasteiger partial charge in [-0.1, -0.05) is 35.9 Å². The van der Waals surface area contributed by atoms with Crippen molar-refractivity contribution in [2.24, 2.45) is 7.05 Å². The third-order valence-corrected chi connectivity index (χ3v) is 5.43. The molecule has 0 bridgehead atoms. The molecule has 1 aromatic heterocycles. The Hall–Kier alpha value is -4.55. The lowest BCUT2D eigenvalue weighted by molar-refractivity contribution is 0.583. The summed E-state index contributed by atoms with van der Waals surface area (Å²) in [4.78, 5) is 34.3. The van der Waals surface area contributed by atoms with Crippen LogP contribution in [0, 0.1) is 11.3 Å². The van der Waals surface area contributed by atoms with Crippen LogP contribution in [0.5, 0.6) is 0 Å². The zero-order valence-electron chi connectivity index (χ0n) is 17.8. The van der Waals surface area contributed by atoms with Gasteiger partial charge in [-0.2, -0.15) is 10.2 Å². The summed E-state index contributed by atoms with van der Waals surface area (Å²) in [6, 6.07) is 19.3. The molecule has 2 aromatic carbocycles. The van der Waals surface area contributed by atoms with Crippen molar-refractivity contribution in [3.05, 3.63) is 92.1 Å². The largest absolute Gasteiger partial charge is 0.453 e. The highest BCUT2D eigenvalue weighted by molar-refractivity contribution is 6.30. The van der Waals surface area contributed by atoms with Crippen LogP contribution in [0.25, 0.3) is 40.1 Å². The Morgan fingerprint density at radius 1 is 1.03 bits per heavy atom. The Labute approximate surface area is 197 Å².